The minimum Gasteiger partial charge on any atom is -0.458 e. The van der Waals surface area contributed by atoms with Gasteiger partial charge in [0.05, 0.1) is 25.2 Å². The van der Waals surface area contributed by atoms with Gasteiger partial charge < -0.3 is 24.4 Å². The molecule has 0 aromatic heterocycles. The van der Waals surface area contributed by atoms with Gasteiger partial charge in [0.2, 0.25) is 0 Å². The number of fused-ring (bicyclic) bond motifs is 1. The number of carbonyl (C=O) groups excluding carboxylic acids is 3. The molecule has 0 bridgehead atoms. The summed E-state index contributed by atoms with van der Waals surface area (Å²) in [6, 6.07) is 0. The van der Waals surface area contributed by atoms with Crippen molar-refractivity contribution in [3.63, 3.8) is 0 Å². The Balaban J connectivity index is 2.34. The maximum Gasteiger partial charge on any atom is 0.336 e. The van der Waals surface area contributed by atoms with Gasteiger partial charge in [-0.15, -0.1) is 0 Å². The molecule has 1 heterocycles. The summed E-state index contributed by atoms with van der Waals surface area (Å²) in [5.41, 5.74) is 1.61. The molecule has 29 heavy (non-hydrogen) atoms. The molecule has 2 rings (SSSR count). The number of aliphatic hydroxyl groups excluding tert-OH is 2. The summed E-state index contributed by atoms with van der Waals surface area (Å²) in [5, 5.41) is 18.3. The molecule has 0 aromatic rings. The predicted octanol–water partition coefficient (Wildman–Crippen LogP) is 1.36. The summed E-state index contributed by atoms with van der Waals surface area (Å²) < 4.78 is 16.4. The van der Waals surface area contributed by atoms with E-state index in [9.17, 15) is 19.5 Å². The molecule has 1 fully saturated rings. The monoisotopic (exact) mass is 408 g/mol. The Bertz CT molecular complexity index is 733. The van der Waals surface area contributed by atoms with Crippen LogP contribution in [0.5, 0.6) is 0 Å². The van der Waals surface area contributed by atoms with Crippen LogP contribution in [0.1, 0.15) is 40.0 Å². The second-order valence-electron chi connectivity index (χ2n) is 7.34. The summed E-state index contributed by atoms with van der Waals surface area (Å²) in [6.07, 6.45) is 4.00. The van der Waals surface area contributed by atoms with E-state index in [1.54, 1.807) is 13.0 Å². The van der Waals surface area contributed by atoms with Gasteiger partial charge in [-0.2, -0.15) is 0 Å². The molecule has 8 heteroatoms. The first-order valence-corrected chi connectivity index (χ1v) is 9.57. The molecule has 8 nitrogen and oxygen atoms in total. The number of hydrogen-bond donors (Lipinski definition) is 2. The zero-order valence-corrected chi connectivity index (χ0v) is 16.9. The fourth-order valence-corrected chi connectivity index (χ4v) is 3.52. The van der Waals surface area contributed by atoms with Crippen LogP contribution in [0.3, 0.4) is 0 Å². The summed E-state index contributed by atoms with van der Waals surface area (Å²) in [5.74, 6) is -1.96. The standard InChI is InChI=1S/C21H28O8/c1-12-4-5-17(27-14(3)24)13(2)9-19-16(10-20(25)28-19)18(8-12)29-21(26)15(11-23)6-7-22/h4,6,9,16-19,22-23H,5,7-8,10-11H2,1-3H3/b12-4+,13-9-,15-6+/t16-,17-,18-,19-/m1/s1. The third-order valence-electron chi connectivity index (χ3n) is 5.04. The first-order chi connectivity index (χ1) is 13.7. The lowest BCUT2D eigenvalue weighted by atomic mass is 9.87. The van der Waals surface area contributed by atoms with Gasteiger partial charge in [-0.25, -0.2) is 4.79 Å². The summed E-state index contributed by atoms with van der Waals surface area (Å²) in [6.45, 7) is 4.05. The molecule has 1 saturated heterocycles. The summed E-state index contributed by atoms with van der Waals surface area (Å²) >= 11 is 0. The van der Waals surface area contributed by atoms with Gasteiger partial charge in [-0.3, -0.25) is 9.59 Å². The number of aliphatic hydroxyl groups is 2. The van der Waals surface area contributed by atoms with Crippen LogP contribution in [0.2, 0.25) is 0 Å². The van der Waals surface area contributed by atoms with Crippen molar-refractivity contribution in [2.24, 2.45) is 5.92 Å². The van der Waals surface area contributed by atoms with E-state index in [0.717, 1.165) is 11.1 Å². The zero-order chi connectivity index (χ0) is 21.6. The van der Waals surface area contributed by atoms with Gasteiger partial charge in [-0.1, -0.05) is 11.6 Å². The second-order valence-corrected chi connectivity index (χ2v) is 7.34. The van der Waals surface area contributed by atoms with Crippen LogP contribution in [0.25, 0.3) is 0 Å². The fourth-order valence-electron chi connectivity index (χ4n) is 3.52. The molecule has 0 radical (unpaired) electrons. The Morgan fingerprint density at radius 3 is 2.59 bits per heavy atom. The Kier molecular flexibility index (Phi) is 8.16. The van der Waals surface area contributed by atoms with Gasteiger partial charge in [0.25, 0.3) is 0 Å². The van der Waals surface area contributed by atoms with Gasteiger partial charge >= 0.3 is 17.9 Å². The summed E-state index contributed by atoms with van der Waals surface area (Å²) in [4.78, 5) is 35.9. The van der Waals surface area contributed by atoms with Crippen molar-refractivity contribution < 1.29 is 38.8 Å². The number of carbonyl (C=O) groups is 3. The molecule has 2 aliphatic rings. The normalized spacial score (nSPS) is 31.5. The molecule has 0 spiro atoms. The first-order valence-electron chi connectivity index (χ1n) is 9.57. The highest BCUT2D eigenvalue weighted by molar-refractivity contribution is 5.89. The lowest BCUT2D eigenvalue weighted by Crippen LogP contribution is -2.34. The molecule has 0 aromatic carbocycles. The van der Waals surface area contributed by atoms with Crippen molar-refractivity contribution in [3.8, 4) is 0 Å². The van der Waals surface area contributed by atoms with Crippen LogP contribution in [-0.2, 0) is 28.6 Å². The lowest BCUT2D eigenvalue weighted by Gasteiger charge is -2.28. The average Bonchev–Trinajstić information content (AvgIpc) is 3.01. The molecule has 1 aliphatic carbocycles. The van der Waals surface area contributed by atoms with E-state index in [-0.39, 0.29) is 12.0 Å². The number of rotatable bonds is 5. The third-order valence-corrected chi connectivity index (χ3v) is 5.04. The van der Waals surface area contributed by atoms with Crippen LogP contribution >= 0.6 is 0 Å². The maximum absolute atomic E-state index is 12.4. The van der Waals surface area contributed by atoms with E-state index >= 15 is 0 Å². The van der Waals surface area contributed by atoms with Gasteiger partial charge in [-0.05, 0) is 31.6 Å². The molecule has 0 saturated carbocycles. The largest absolute Gasteiger partial charge is 0.458 e. The van der Waals surface area contributed by atoms with Crippen LogP contribution in [-0.4, -0.2) is 59.6 Å². The van der Waals surface area contributed by atoms with Crippen molar-refractivity contribution in [1.82, 2.24) is 0 Å². The Morgan fingerprint density at radius 2 is 1.97 bits per heavy atom. The van der Waals surface area contributed by atoms with Crippen molar-refractivity contribution in [2.75, 3.05) is 13.2 Å². The quantitative estimate of drug-likeness (QED) is 0.303. The minimum atomic E-state index is -0.743. The van der Waals surface area contributed by atoms with Crippen molar-refractivity contribution in [1.29, 1.82) is 0 Å². The third kappa shape index (κ3) is 6.27. The minimum absolute atomic E-state index is 0.0466. The summed E-state index contributed by atoms with van der Waals surface area (Å²) in [7, 11) is 0. The molecular weight excluding hydrogens is 380 g/mol. The van der Waals surface area contributed by atoms with Gasteiger partial charge in [0.15, 0.2) is 0 Å². The van der Waals surface area contributed by atoms with Gasteiger partial charge in [0.1, 0.15) is 18.3 Å². The molecule has 4 atom stereocenters. The molecular formula is C21H28O8. The molecule has 0 amide bonds. The van der Waals surface area contributed by atoms with Crippen LogP contribution in [0.15, 0.2) is 34.9 Å². The van der Waals surface area contributed by atoms with E-state index in [4.69, 9.17) is 19.3 Å². The Hall–Kier alpha value is -2.45. The van der Waals surface area contributed by atoms with Crippen molar-refractivity contribution in [3.05, 3.63) is 34.9 Å². The molecule has 160 valence electrons. The Labute approximate surface area is 169 Å². The molecule has 2 N–H and O–H groups in total. The molecule has 1 aliphatic heterocycles. The van der Waals surface area contributed by atoms with E-state index < -0.39 is 55.4 Å². The van der Waals surface area contributed by atoms with E-state index in [1.165, 1.54) is 13.0 Å². The lowest BCUT2D eigenvalue weighted by molar-refractivity contribution is -0.148. The highest BCUT2D eigenvalue weighted by Gasteiger charge is 2.41. The number of esters is 3. The highest BCUT2D eigenvalue weighted by Crippen LogP contribution is 2.34. The molecule has 0 unspecified atom stereocenters. The van der Waals surface area contributed by atoms with Crippen LogP contribution in [0.4, 0.5) is 0 Å². The van der Waals surface area contributed by atoms with E-state index in [0.29, 0.717) is 12.8 Å². The van der Waals surface area contributed by atoms with Crippen LogP contribution in [0, 0.1) is 5.92 Å². The Morgan fingerprint density at radius 1 is 1.24 bits per heavy atom. The van der Waals surface area contributed by atoms with Gasteiger partial charge in [0, 0.05) is 25.7 Å². The van der Waals surface area contributed by atoms with E-state index in [1.807, 2.05) is 13.0 Å². The number of ether oxygens (including phenoxy) is 3. The topological polar surface area (TPSA) is 119 Å². The van der Waals surface area contributed by atoms with E-state index in [2.05, 4.69) is 0 Å². The predicted molar refractivity (Wildman–Crippen MR) is 102 cm³/mol. The average molecular weight is 408 g/mol. The SMILES string of the molecule is CC(=O)O[C@@H]1C/C=C(\C)C[C@@H](OC(=O)/C(=C/CO)CO)[C@H]2CC(=O)O[C@@H]2/C=C\1C. The maximum atomic E-state index is 12.4. The smallest absolute Gasteiger partial charge is 0.336 e. The fraction of sp³-hybridized carbons (Fsp3) is 0.571. The van der Waals surface area contributed by atoms with Crippen LogP contribution < -0.4 is 0 Å². The van der Waals surface area contributed by atoms with Crippen molar-refractivity contribution >= 4 is 17.9 Å². The number of hydrogen-bond acceptors (Lipinski definition) is 8. The van der Waals surface area contributed by atoms with Crippen molar-refractivity contribution in [2.45, 2.75) is 58.3 Å². The second kappa shape index (κ2) is 10.4. The zero-order valence-electron chi connectivity index (χ0n) is 16.9. The highest BCUT2D eigenvalue weighted by atomic mass is 16.6. The first kappa shape index (κ1) is 22.8.